The molecule has 0 aliphatic carbocycles. The van der Waals surface area contributed by atoms with Gasteiger partial charge in [0.1, 0.15) is 11.4 Å². The van der Waals surface area contributed by atoms with Gasteiger partial charge in [0.25, 0.3) is 5.91 Å². The number of aryl methyl sites for hydroxylation is 1. The lowest BCUT2D eigenvalue weighted by Gasteiger charge is -2.14. The van der Waals surface area contributed by atoms with Crippen LogP contribution in [0.5, 0.6) is 11.6 Å². The molecule has 3 aromatic rings. The van der Waals surface area contributed by atoms with Crippen LogP contribution in [0.15, 0.2) is 60.8 Å². The highest BCUT2D eigenvalue weighted by Crippen LogP contribution is 2.30. The highest BCUT2D eigenvalue weighted by Gasteiger charge is 2.14. The molecule has 0 aliphatic heterocycles. The van der Waals surface area contributed by atoms with Crippen LogP contribution in [0, 0.1) is 13.8 Å². The van der Waals surface area contributed by atoms with Crippen molar-refractivity contribution in [1.82, 2.24) is 10.3 Å². The molecule has 7 heteroatoms. The molecule has 1 aromatic heterocycles. The molecule has 31 heavy (non-hydrogen) atoms. The van der Waals surface area contributed by atoms with Gasteiger partial charge in [-0.25, -0.2) is 9.78 Å². The number of carbonyl (C=O) groups excluding carboxylic acids is 2. The summed E-state index contributed by atoms with van der Waals surface area (Å²) in [6.45, 7) is 7.72. The van der Waals surface area contributed by atoms with E-state index in [2.05, 4.69) is 20.9 Å². The van der Waals surface area contributed by atoms with Gasteiger partial charge in [-0.3, -0.25) is 4.79 Å². The van der Waals surface area contributed by atoms with E-state index < -0.39 is 0 Å². The van der Waals surface area contributed by atoms with Crippen molar-refractivity contribution in [2.75, 3.05) is 10.6 Å². The molecule has 0 radical (unpaired) electrons. The molecule has 3 amide bonds. The maximum absolute atomic E-state index is 12.8. The van der Waals surface area contributed by atoms with Crippen LogP contribution >= 0.6 is 0 Å². The van der Waals surface area contributed by atoms with Gasteiger partial charge in [0.2, 0.25) is 5.88 Å². The van der Waals surface area contributed by atoms with Crippen LogP contribution in [0.1, 0.15) is 35.3 Å². The van der Waals surface area contributed by atoms with Crippen LogP contribution in [0.25, 0.3) is 0 Å². The molecule has 0 unspecified atom stereocenters. The number of anilines is 2. The zero-order valence-corrected chi connectivity index (χ0v) is 18.0. The predicted molar refractivity (Wildman–Crippen MR) is 122 cm³/mol. The zero-order valence-electron chi connectivity index (χ0n) is 18.0. The van der Waals surface area contributed by atoms with Gasteiger partial charge in [0, 0.05) is 23.5 Å². The van der Waals surface area contributed by atoms with E-state index in [-0.39, 0.29) is 18.0 Å². The average molecular weight is 418 g/mol. The lowest BCUT2D eigenvalue weighted by molar-refractivity contribution is 0.102. The number of nitrogens with zero attached hydrogens (tertiary/aromatic N) is 1. The Bertz CT molecular complexity index is 1100. The summed E-state index contributed by atoms with van der Waals surface area (Å²) in [4.78, 5) is 29.0. The third kappa shape index (κ3) is 5.82. The molecule has 160 valence electrons. The SMILES string of the molecule is Cc1cccc(Oc2ncccc2NC(=O)c2cccc(NC(=O)NC(C)C)c2)c1C. The molecule has 0 atom stereocenters. The van der Waals surface area contributed by atoms with Crippen molar-refractivity contribution in [2.24, 2.45) is 0 Å². The second-order valence-corrected chi connectivity index (χ2v) is 7.44. The van der Waals surface area contributed by atoms with E-state index in [1.807, 2.05) is 45.9 Å². The highest BCUT2D eigenvalue weighted by atomic mass is 16.5. The van der Waals surface area contributed by atoms with Crippen LogP contribution in [-0.2, 0) is 0 Å². The molecule has 3 N–H and O–H groups in total. The number of carbonyl (C=O) groups is 2. The fraction of sp³-hybridized carbons (Fsp3) is 0.208. The number of amides is 3. The minimum atomic E-state index is -0.341. The summed E-state index contributed by atoms with van der Waals surface area (Å²) >= 11 is 0. The van der Waals surface area contributed by atoms with Crippen molar-refractivity contribution in [3.63, 3.8) is 0 Å². The first-order valence-corrected chi connectivity index (χ1v) is 10.0. The normalized spacial score (nSPS) is 10.5. The summed E-state index contributed by atoms with van der Waals surface area (Å²) in [7, 11) is 0. The second kappa shape index (κ2) is 9.75. The lowest BCUT2D eigenvalue weighted by Crippen LogP contribution is -2.34. The first-order valence-electron chi connectivity index (χ1n) is 10.0. The maximum atomic E-state index is 12.8. The average Bonchev–Trinajstić information content (AvgIpc) is 2.72. The monoisotopic (exact) mass is 418 g/mol. The molecule has 0 saturated carbocycles. The summed E-state index contributed by atoms with van der Waals surface area (Å²) < 4.78 is 5.98. The first kappa shape index (κ1) is 21.8. The van der Waals surface area contributed by atoms with Crippen molar-refractivity contribution in [3.05, 3.63) is 77.5 Å². The van der Waals surface area contributed by atoms with Gasteiger partial charge in [0.15, 0.2) is 0 Å². The standard InChI is InChI=1S/C24H26N4O3/c1-15(2)26-24(30)27-19-10-6-9-18(14-19)22(29)28-20-11-7-13-25-23(20)31-21-12-5-8-16(3)17(21)4/h5-15H,1-4H3,(H,28,29)(H2,26,27,30). The largest absolute Gasteiger partial charge is 0.437 e. The molecule has 0 fully saturated rings. The molecule has 1 heterocycles. The van der Waals surface area contributed by atoms with E-state index in [4.69, 9.17) is 4.74 Å². The van der Waals surface area contributed by atoms with Gasteiger partial charge in [-0.05, 0) is 75.2 Å². The second-order valence-electron chi connectivity index (χ2n) is 7.44. The number of hydrogen-bond acceptors (Lipinski definition) is 4. The molecular weight excluding hydrogens is 392 g/mol. The number of benzene rings is 2. The topological polar surface area (TPSA) is 92.3 Å². The van der Waals surface area contributed by atoms with Crippen LogP contribution in [0.3, 0.4) is 0 Å². The Morgan fingerprint density at radius 2 is 1.74 bits per heavy atom. The fourth-order valence-corrected chi connectivity index (χ4v) is 2.87. The van der Waals surface area contributed by atoms with Gasteiger partial charge in [-0.1, -0.05) is 18.2 Å². The summed E-state index contributed by atoms with van der Waals surface area (Å²) in [6, 6.07) is 15.6. The number of nitrogens with one attached hydrogen (secondary N) is 3. The summed E-state index contributed by atoms with van der Waals surface area (Å²) in [5.74, 6) is 0.637. The first-order chi connectivity index (χ1) is 14.8. The number of urea groups is 1. The number of hydrogen-bond donors (Lipinski definition) is 3. The smallest absolute Gasteiger partial charge is 0.319 e. The Hall–Kier alpha value is -3.87. The summed E-state index contributed by atoms with van der Waals surface area (Å²) in [6.07, 6.45) is 1.61. The molecule has 0 aliphatic rings. The number of ether oxygens (including phenoxy) is 1. The molecule has 0 spiro atoms. The van der Waals surface area contributed by atoms with Crippen LogP contribution in [0.2, 0.25) is 0 Å². The molecule has 0 bridgehead atoms. The lowest BCUT2D eigenvalue weighted by atomic mass is 10.1. The third-order valence-corrected chi connectivity index (χ3v) is 4.58. The Morgan fingerprint density at radius 1 is 0.968 bits per heavy atom. The fourth-order valence-electron chi connectivity index (χ4n) is 2.87. The summed E-state index contributed by atoms with van der Waals surface area (Å²) in [5.41, 5.74) is 3.46. The Labute approximate surface area is 181 Å². The Balaban J connectivity index is 1.76. The van der Waals surface area contributed by atoms with E-state index in [0.717, 1.165) is 11.1 Å². The molecule has 0 saturated heterocycles. The van der Waals surface area contributed by atoms with Crippen LogP contribution in [-0.4, -0.2) is 23.0 Å². The predicted octanol–water partition coefficient (Wildman–Crippen LogP) is 5.27. The quantitative estimate of drug-likeness (QED) is 0.508. The van der Waals surface area contributed by atoms with Crippen molar-refractivity contribution < 1.29 is 14.3 Å². The van der Waals surface area contributed by atoms with E-state index in [0.29, 0.717) is 28.6 Å². The molecule has 7 nitrogen and oxygen atoms in total. The van der Waals surface area contributed by atoms with E-state index >= 15 is 0 Å². The van der Waals surface area contributed by atoms with Crippen molar-refractivity contribution in [2.45, 2.75) is 33.7 Å². The molecule has 2 aromatic carbocycles. The number of rotatable bonds is 6. The van der Waals surface area contributed by atoms with Crippen molar-refractivity contribution in [3.8, 4) is 11.6 Å². The van der Waals surface area contributed by atoms with E-state index in [9.17, 15) is 9.59 Å². The Morgan fingerprint density at radius 3 is 2.52 bits per heavy atom. The number of pyridine rings is 1. The van der Waals surface area contributed by atoms with Gasteiger partial charge in [0.05, 0.1) is 0 Å². The Kier molecular flexibility index (Phi) is 6.87. The third-order valence-electron chi connectivity index (χ3n) is 4.58. The zero-order chi connectivity index (χ0) is 22.4. The summed E-state index contributed by atoms with van der Waals surface area (Å²) in [5, 5.41) is 8.30. The van der Waals surface area contributed by atoms with E-state index in [1.165, 1.54) is 0 Å². The van der Waals surface area contributed by atoms with Gasteiger partial charge in [-0.15, -0.1) is 0 Å². The van der Waals surface area contributed by atoms with Crippen molar-refractivity contribution in [1.29, 1.82) is 0 Å². The van der Waals surface area contributed by atoms with Gasteiger partial charge >= 0.3 is 6.03 Å². The van der Waals surface area contributed by atoms with Gasteiger partial charge in [-0.2, -0.15) is 0 Å². The van der Waals surface area contributed by atoms with Crippen LogP contribution < -0.4 is 20.7 Å². The molecular formula is C24H26N4O3. The molecule has 3 rings (SSSR count). The van der Waals surface area contributed by atoms with Crippen LogP contribution in [0.4, 0.5) is 16.2 Å². The maximum Gasteiger partial charge on any atom is 0.319 e. The minimum absolute atomic E-state index is 0.00696. The van der Waals surface area contributed by atoms with Gasteiger partial charge < -0.3 is 20.7 Å². The van der Waals surface area contributed by atoms with E-state index in [1.54, 1.807) is 42.6 Å². The minimum Gasteiger partial charge on any atom is -0.437 e. The highest BCUT2D eigenvalue weighted by molar-refractivity contribution is 6.05. The number of aromatic nitrogens is 1. The van der Waals surface area contributed by atoms with Crippen molar-refractivity contribution >= 4 is 23.3 Å².